The van der Waals surface area contributed by atoms with E-state index in [1.807, 2.05) is 20.8 Å². The van der Waals surface area contributed by atoms with Crippen molar-refractivity contribution in [2.45, 2.75) is 117 Å². The van der Waals surface area contributed by atoms with Crippen molar-refractivity contribution in [1.29, 1.82) is 0 Å². The van der Waals surface area contributed by atoms with Crippen LogP contribution in [0.2, 0.25) is 0 Å². The van der Waals surface area contributed by atoms with Gasteiger partial charge in [-0.15, -0.1) is 0 Å². The second-order valence-electron chi connectivity index (χ2n) is 11.4. The van der Waals surface area contributed by atoms with Gasteiger partial charge in [0.05, 0.1) is 17.9 Å². The van der Waals surface area contributed by atoms with Crippen LogP contribution in [-0.2, 0) is 23.9 Å². The Balaban J connectivity index is 1.77. The highest BCUT2D eigenvalue weighted by atomic mass is 16.6. The third-order valence-electron chi connectivity index (χ3n) is 8.46. The second-order valence-corrected chi connectivity index (χ2v) is 11.4. The zero-order valence-electron chi connectivity index (χ0n) is 21.0. The molecule has 0 unspecified atom stereocenters. The summed E-state index contributed by atoms with van der Waals surface area (Å²) >= 11 is 0. The zero-order valence-corrected chi connectivity index (χ0v) is 21.0. The van der Waals surface area contributed by atoms with Crippen LogP contribution < -0.4 is 5.32 Å². The van der Waals surface area contributed by atoms with E-state index in [1.165, 1.54) is 0 Å². The van der Waals surface area contributed by atoms with E-state index in [-0.39, 0.29) is 48.4 Å². The third kappa shape index (κ3) is 6.49. The van der Waals surface area contributed by atoms with Gasteiger partial charge in [0.15, 0.2) is 0 Å². The number of nitrogens with one attached hydrogen (secondary N) is 1. The molecular formula is C26H43NO6. The Hall–Kier alpha value is -1.63. The summed E-state index contributed by atoms with van der Waals surface area (Å²) in [5.74, 6) is 0.918. The summed E-state index contributed by atoms with van der Waals surface area (Å²) in [6.07, 6.45) is 5.51. The molecule has 0 aromatic carbocycles. The van der Waals surface area contributed by atoms with Gasteiger partial charge in [-0.3, -0.25) is 14.4 Å². The SMILES string of the molecule is CCC(C)(C)C(=O)O[C@H]1C[C@@H](NC(C)=O)C[C@@H]2CC[C@H](C)[C@H](CC[C@H]3C[C@@H](O)CC(=O)O3)[C@H]21. The Bertz CT molecular complexity index is 722. The van der Waals surface area contributed by atoms with Crippen molar-refractivity contribution >= 4 is 17.8 Å². The Morgan fingerprint density at radius 2 is 1.91 bits per heavy atom. The maximum atomic E-state index is 13.0. The molecule has 8 atom stereocenters. The summed E-state index contributed by atoms with van der Waals surface area (Å²) in [7, 11) is 0. The largest absolute Gasteiger partial charge is 0.462 e. The average molecular weight is 466 g/mol. The van der Waals surface area contributed by atoms with E-state index in [0.717, 1.165) is 32.1 Å². The van der Waals surface area contributed by atoms with Gasteiger partial charge in [0, 0.05) is 31.7 Å². The van der Waals surface area contributed by atoms with Crippen LogP contribution in [0.4, 0.5) is 0 Å². The molecule has 188 valence electrons. The van der Waals surface area contributed by atoms with Crippen LogP contribution >= 0.6 is 0 Å². The van der Waals surface area contributed by atoms with Crippen molar-refractivity contribution in [3.05, 3.63) is 0 Å². The number of esters is 2. The lowest BCUT2D eigenvalue weighted by atomic mass is 9.58. The lowest BCUT2D eigenvalue weighted by Gasteiger charge is -2.50. The Morgan fingerprint density at radius 1 is 1.18 bits per heavy atom. The molecule has 1 saturated heterocycles. The van der Waals surface area contributed by atoms with Crippen molar-refractivity contribution in [3.8, 4) is 0 Å². The Kier molecular flexibility index (Phi) is 8.46. The first-order valence-corrected chi connectivity index (χ1v) is 12.9. The number of amides is 1. The fourth-order valence-corrected chi connectivity index (χ4v) is 6.23. The van der Waals surface area contributed by atoms with Crippen LogP contribution in [0.5, 0.6) is 0 Å². The van der Waals surface area contributed by atoms with Crippen molar-refractivity contribution in [2.75, 3.05) is 0 Å². The summed E-state index contributed by atoms with van der Waals surface area (Å²) in [4.78, 5) is 36.6. The van der Waals surface area contributed by atoms with Crippen LogP contribution in [0.25, 0.3) is 0 Å². The smallest absolute Gasteiger partial charge is 0.311 e. The van der Waals surface area contributed by atoms with E-state index in [1.54, 1.807) is 6.92 Å². The molecule has 0 spiro atoms. The van der Waals surface area contributed by atoms with Gasteiger partial charge in [-0.25, -0.2) is 0 Å². The van der Waals surface area contributed by atoms with Crippen LogP contribution in [0.1, 0.15) is 92.4 Å². The highest BCUT2D eigenvalue weighted by Crippen LogP contribution is 2.49. The number of hydrogen-bond acceptors (Lipinski definition) is 6. The molecule has 0 aromatic rings. The number of fused-ring (bicyclic) bond motifs is 1. The molecule has 1 heterocycles. The Morgan fingerprint density at radius 3 is 2.55 bits per heavy atom. The first kappa shape index (κ1) is 26.0. The van der Waals surface area contributed by atoms with Crippen LogP contribution in [0.15, 0.2) is 0 Å². The number of hydrogen-bond donors (Lipinski definition) is 2. The zero-order chi connectivity index (χ0) is 24.3. The summed E-state index contributed by atoms with van der Waals surface area (Å²) in [6.45, 7) is 9.65. The normalized spacial score (nSPS) is 37.0. The molecule has 0 radical (unpaired) electrons. The first-order chi connectivity index (χ1) is 15.5. The summed E-state index contributed by atoms with van der Waals surface area (Å²) in [5, 5.41) is 13.1. The number of ether oxygens (including phenoxy) is 2. The molecule has 2 saturated carbocycles. The fourth-order valence-electron chi connectivity index (χ4n) is 6.23. The van der Waals surface area contributed by atoms with E-state index in [0.29, 0.717) is 37.0 Å². The molecule has 1 amide bonds. The highest BCUT2D eigenvalue weighted by Gasteiger charge is 2.48. The Labute approximate surface area is 198 Å². The molecule has 2 N–H and O–H groups in total. The lowest BCUT2D eigenvalue weighted by molar-refractivity contribution is -0.173. The van der Waals surface area contributed by atoms with Crippen molar-refractivity contribution in [3.63, 3.8) is 0 Å². The maximum absolute atomic E-state index is 13.0. The maximum Gasteiger partial charge on any atom is 0.311 e. The van der Waals surface area contributed by atoms with Crippen molar-refractivity contribution < 1.29 is 29.0 Å². The number of aliphatic hydroxyl groups is 1. The average Bonchev–Trinajstić information content (AvgIpc) is 2.72. The number of carbonyl (C=O) groups is 3. The van der Waals surface area contributed by atoms with E-state index in [4.69, 9.17) is 9.47 Å². The molecule has 3 aliphatic rings. The van der Waals surface area contributed by atoms with Gasteiger partial charge in [-0.05, 0) is 63.7 Å². The molecule has 0 aromatic heterocycles. The van der Waals surface area contributed by atoms with Crippen LogP contribution in [0, 0.1) is 29.1 Å². The molecule has 3 rings (SSSR count). The highest BCUT2D eigenvalue weighted by molar-refractivity contribution is 5.76. The first-order valence-electron chi connectivity index (χ1n) is 12.9. The summed E-state index contributed by atoms with van der Waals surface area (Å²) < 4.78 is 11.7. The van der Waals surface area contributed by atoms with Crippen LogP contribution in [-0.4, -0.2) is 47.3 Å². The molecule has 2 aliphatic carbocycles. The van der Waals surface area contributed by atoms with Gasteiger partial charge >= 0.3 is 11.9 Å². The molecule has 7 heteroatoms. The fraction of sp³-hybridized carbons (Fsp3) is 0.885. The standard InChI is InChI=1S/C26H43NO6/c1-6-26(4,5)25(31)33-22-12-18(27-16(3)28)11-17-8-7-15(2)21(24(17)22)10-9-20-13-19(29)14-23(30)32-20/h15,17-22,24,29H,6-14H2,1-5H3,(H,27,28)/t15-,17-,18-,19+,20-,21-,22-,24-/m0/s1. The second kappa shape index (κ2) is 10.7. The van der Waals surface area contributed by atoms with Crippen molar-refractivity contribution in [2.24, 2.45) is 29.1 Å². The molecule has 0 bridgehead atoms. The molecular weight excluding hydrogens is 422 g/mol. The minimum absolute atomic E-state index is 0.0230. The van der Waals surface area contributed by atoms with Gasteiger partial charge in [0.25, 0.3) is 0 Å². The topological polar surface area (TPSA) is 102 Å². The number of rotatable bonds is 7. The lowest BCUT2D eigenvalue weighted by Crippen LogP contribution is -2.53. The van der Waals surface area contributed by atoms with E-state index in [9.17, 15) is 19.5 Å². The van der Waals surface area contributed by atoms with Gasteiger partial charge in [0.2, 0.25) is 5.91 Å². The van der Waals surface area contributed by atoms with Gasteiger partial charge < -0.3 is 19.9 Å². The monoisotopic (exact) mass is 465 g/mol. The number of carbonyl (C=O) groups excluding carboxylic acids is 3. The van der Waals surface area contributed by atoms with Gasteiger partial charge in [-0.1, -0.05) is 20.3 Å². The number of aliphatic hydroxyl groups excluding tert-OH is 1. The molecule has 7 nitrogen and oxygen atoms in total. The van der Waals surface area contributed by atoms with E-state index >= 15 is 0 Å². The molecule has 33 heavy (non-hydrogen) atoms. The molecule has 3 fully saturated rings. The van der Waals surface area contributed by atoms with Crippen molar-refractivity contribution in [1.82, 2.24) is 5.32 Å². The van der Waals surface area contributed by atoms with Crippen LogP contribution in [0.3, 0.4) is 0 Å². The van der Waals surface area contributed by atoms with E-state index < -0.39 is 11.5 Å². The summed E-state index contributed by atoms with van der Waals surface area (Å²) in [6, 6.07) is 0.0230. The predicted octanol–water partition coefficient (Wildman–Crippen LogP) is 3.76. The van der Waals surface area contributed by atoms with Gasteiger partial charge in [0.1, 0.15) is 12.2 Å². The molecule has 1 aliphatic heterocycles. The predicted molar refractivity (Wildman–Crippen MR) is 124 cm³/mol. The number of cyclic esters (lactones) is 1. The minimum Gasteiger partial charge on any atom is -0.462 e. The van der Waals surface area contributed by atoms with Gasteiger partial charge in [-0.2, -0.15) is 0 Å². The minimum atomic E-state index is -0.620. The quantitative estimate of drug-likeness (QED) is 0.555. The summed E-state index contributed by atoms with van der Waals surface area (Å²) in [5.41, 5.74) is -0.543. The third-order valence-corrected chi connectivity index (χ3v) is 8.46. The van der Waals surface area contributed by atoms with E-state index in [2.05, 4.69) is 12.2 Å².